The summed E-state index contributed by atoms with van der Waals surface area (Å²) in [6.45, 7) is 3.76. The van der Waals surface area contributed by atoms with E-state index in [1.807, 2.05) is 0 Å². The van der Waals surface area contributed by atoms with Gasteiger partial charge in [0.1, 0.15) is 0 Å². The third-order valence-corrected chi connectivity index (χ3v) is 3.06. The third kappa shape index (κ3) is 1.50. The Balaban J connectivity index is 1.85. The van der Waals surface area contributed by atoms with Gasteiger partial charge >= 0.3 is 0 Å². The Morgan fingerprint density at radius 2 is 2.33 bits per heavy atom. The van der Waals surface area contributed by atoms with Crippen molar-refractivity contribution in [3.63, 3.8) is 0 Å². The van der Waals surface area contributed by atoms with E-state index >= 15 is 0 Å². The van der Waals surface area contributed by atoms with Gasteiger partial charge in [-0.05, 0) is 19.3 Å². The molecule has 0 bridgehead atoms. The van der Waals surface area contributed by atoms with Crippen LogP contribution in [0.25, 0.3) is 0 Å². The molecule has 1 aliphatic carbocycles. The molecule has 69 valence electrons. The van der Waals surface area contributed by atoms with E-state index in [2.05, 4.69) is 6.92 Å². The van der Waals surface area contributed by atoms with E-state index in [0.717, 1.165) is 19.3 Å². The van der Waals surface area contributed by atoms with Gasteiger partial charge in [0.05, 0.1) is 18.3 Å². The second-order valence-corrected chi connectivity index (χ2v) is 3.94. The Kier molecular flexibility index (Phi) is 2.37. The van der Waals surface area contributed by atoms with Crippen LogP contribution in [0.1, 0.15) is 32.1 Å². The highest BCUT2D eigenvalue weighted by Crippen LogP contribution is 2.42. The maximum Gasteiger partial charge on any atom is 0.0894 e. The molecule has 1 aliphatic heterocycles. The van der Waals surface area contributed by atoms with Crippen LogP contribution in [-0.4, -0.2) is 23.4 Å². The van der Waals surface area contributed by atoms with Crippen molar-refractivity contribution in [3.8, 4) is 0 Å². The molecule has 12 heavy (non-hydrogen) atoms. The number of ether oxygens (including phenoxy) is 1. The highest BCUT2D eigenvalue weighted by Gasteiger charge is 2.49. The zero-order valence-corrected chi connectivity index (χ0v) is 7.41. The zero-order valence-electron chi connectivity index (χ0n) is 7.41. The molecule has 4 unspecified atom stereocenters. The number of aliphatic hydroxyl groups excluding tert-OH is 1. The Morgan fingerprint density at radius 3 is 3.08 bits per heavy atom. The first-order valence-electron chi connectivity index (χ1n) is 4.95. The summed E-state index contributed by atoms with van der Waals surface area (Å²) in [7, 11) is 0. The lowest BCUT2D eigenvalue weighted by molar-refractivity contribution is 0.0750. The van der Waals surface area contributed by atoms with E-state index in [4.69, 9.17) is 4.74 Å². The van der Waals surface area contributed by atoms with Gasteiger partial charge in [0.25, 0.3) is 0 Å². The molecule has 4 atom stereocenters. The molecular weight excluding hydrogens is 152 g/mol. The molecule has 1 heterocycles. The van der Waals surface area contributed by atoms with Gasteiger partial charge in [-0.1, -0.05) is 19.8 Å². The summed E-state index contributed by atoms with van der Waals surface area (Å²) in [4.78, 5) is 0. The molecule has 0 aromatic heterocycles. The summed E-state index contributed by atoms with van der Waals surface area (Å²) >= 11 is 0. The van der Waals surface area contributed by atoms with Crippen LogP contribution in [0.4, 0.5) is 0 Å². The van der Waals surface area contributed by atoms with Crippen LogP contribution >= 0.6 is 0 Å². The highest BCUT2D eigenvalue weighted by atomic mass is 16.6. The third-order valence-electron chi connectivity index (χ3n) is 3.06. The average Bonchev–Trinajstić information content (AvgIpc) is 2.81. The molecule has 2 fully saturated rings. The van der Waals surface area contributed by atoms with Crippen LogP contribution in [-0.2, 0) is 4.74 Å². The largest absolute Gasteiger partial charge is 0.393 e. The van der Waals surface area contributed by atoms with Gasteiger partial charge in [0.2, 0.25) is 0 Å². The van der Waals surface area contributed by atoms with Crippen molar-refractivity contribution < 1.29 is 9.84 Å². The molecule has 2 aliphatic rings. The Morgan fingerprint density at radius 1 is 1.50 bits per heavy atom. The number of aliphatic hydroxyl groups is 1. The fraction of sp³-hybridized carbons (Fsp3) is 0.900. The minimum absolute atomic E-state index is 0.169. The van der Waals surface area contributed by atoms with Gasteiger partial charge < -0.3 is 9.84 Å². The van der Waals surface area contributed by atoms with Gasteiger partial charge in [-0.2, -0.15) is 0 Å². The van der Waals surface area contributed by atoms with Crippen molar-refractivity contribution in [1.82, 2.24) is 0 Å². The van der Waals surface area contributed by atoms with E-state index in [0.29, 0.717) is 18.1 Å². The Bertz CT molecular complexity index is 158. The zero-order chi connectivity index (χ0) is 8.55. The first-order valence-corrected chi connectivity index (χ1v) is 4.95. The van der Waals surface area contributed by atoms with Gasteiger partial charge in [-0.3, -0.25) is 0 Å². The number of hydrogen-bond donors (Lipinski definition) is 1. The molecule has 0 amide bonds. The van der Waals surface area contributed by atoms with E-state index in [1.54, 1.807) is 0 Å². The summed E-state index contributed by atoms with van der Waals surface area (Å²) < 4.78 is 5.48. The maximum atomic E-state index is 9.75. The van der Waals surface area contributed by atoms with E-state index in [-0.39, 0.29) is 6.10 Å². The van der Waals surface area contributed by atoms with Crippen molar-refractivity contribution in [1.29, 1.82) is 0 Å². The van der Waals surface area contributed by atoms with Crippen molar-refractivity contribution in [2.75, 3.05) is 0 Å². The molecule has 0 aromatic carbocycles. The van der Waals surface area contributed by atoms with Crippen LogP contribution in [0.5, 0.6) is 0 Å². The summed E-state index contributed by atoms with van der Waals surface area (Å²) in [5.41, 5.74) is 0. The van der Waals surface area contributed by atoms with Gasteiger partial charge in [0.15, 0.2) is 0 Å². The van der Waals surface area contributed by atoms with Crippen LogP contribution in [0.2, 0.25) is 0 Å². The fourth-order valence-electron chi connectivity index (χ4n) is 2.32. The standard InChI is InChI=1S/C10H17O2/c1-2-4-8(11)7-5-3-6-9-10(7)12-9/h7-11H,1-6H2. The molecule has 1 radical (unpaired) electrons. The summed E-state index contributed by atoms with van der Waals surface area (Å²) in [6.07, 6.45) is 5.94. The number of hydrogen-bond acceptors (Lipinski definition) is 2. The molecule has 2 rings (SSSR count). The van der Waals surface area contributed by atoms with Crippen LogP contribution in [0.3, 0.4) is 0 Å². The smallest absolute Gasteiger partial charge is 0.0894 e. The van der Waals surface area contributed by atoms with Crippen molar-refractivity contribution in [3.05, 3.63) is 6.92 Å². The maximum absolute atomic E-state index is 9.75. The Hall–Kier alpha value is -0.0800. The molecule has 1 saturated heterocycles. The monoisotopic (exact) mass is 169 g/mol. The van der Waals surface area contributed by atoms with Crippen LogP contribution < -0.4 is 0 Å². The molecule has 1 saturated carbocycles. The number of epoxide rings is 1. The predicted octanol–water partition coefficient (Wildman–Crippen LogP) is 1.53. The van der Waals surface area contributed by atoms with Gasteiger partial charge in [-0.25, -0.2) is 0 Å². The fourth-order valence-corrected chi connectivity index (χ4v) is 2.32. The summed E-state index contributed by atoms with van der Waals surface area (Å²) in [5.74, 6) is 0.408. The topological polar surface area (TPSA) is 32.8 Å². The van der Waals surface area contributed by atoms with Crippen LogP contribution in [0, 0.1) is 12.8 Å². The quantitative estimate of drug-likeness (QED) is 0.650. The molecule has 1 N–H and O–H groups in total. The molecule has 2 nitrogen and oxygen atoms in total. The number of rotatable bonds is 3. The number of fused-ring (bicyclic) bond motifs is 1. The van der Waals surface area contributed by atoms with E-state index in [9.17, 15) is 5.11 Å². The van der Waals surface area contributed by atoms with Gasteiger partial charge in [0, 0.05) is 5.92 Å². The first kappa shape index (κ1) is 8.52. The molecule has 0 spiro atoms. The highest BCUT2D eigenvalue weighted by molar-refractivity contribution is 4.97. The van der Waals surface area contributed by atoms with E-state index in [1.165, 1.54) is 12.8 Å². The lowest BCUT2D eigenvalue weighted by Gasteiger charge is -2.23. The molecule has 2 heteroatoms. The van der Waals surface area contributed by atoms with Gasteiger partial charge in [-0.15, -0.1) is 0 Å². The van der Waals surface area contributed by atoms with Crippen molar-refractivity contribution in [2.24, 2.45) is 5.92 Å². The minimum Gasteiger partial charge on any atom is -0.393 e. The van der Waals surface area contributed by atoms with Crippen LogP contribution in [0.15, 0.2) is 0 Å². The lowest BCUT2D eigenvalue weighted by atomic mass is 9.84. The predicted molar refractivity (Wildman–Crippen MR) is 46.6 cm³/mol. The van der Waals surface area contributed by atoms with Crippen molar-refractivity contribution in [2.45, 2.75) is 50.4 Å². The lowest BCUT2D eigenvalue weighted by Crippen LogP contribution is -2.28. The first-order chi connectivity index (χ1) is 5.83. The summed E-state index contributed by atoms with van der Waals surface area (Å²) in [5, 5.41) is 9.75. The Labute approximate surface area is 73.9 Å². The van der Waals surface area contributed by atoms with E-state index < -0.39 is 0 Å². The average molecular weight is 169 g/mol. The minimum atomic E-state index is -0.169. The SMILES string of the molecule is [CH2]CCC(O)C1CCCC2OC21. The molecule has 0 aromatic rings. The van der Waals surface area contributed by atoms with Crippen molar-refractivity contribution >= 4 is 0 Å². The summed E-state index contributed by atoms with van der Waals surface area (Å²) in [6, 6.07) is 0. The molecular formula is C10H17O2. The normalized spacial score (nSPS) is 42.0. The second kappa shape index (κ2) is 3.35. The second-order valence-electron chi connectivity index (χ2n) is 3.94.